The molecule has 0 amide bonds. The number of hydrogen-bond donors (Lipinski definition) is 0. The molecule has 1 atom stereocenters. The van der Waals surface area contributed by atoms with E-state index in [0.717, 1.165) is 30.2 Å². The lowest BCUT2D eigenvalue weighted by Gasteiger charge is -2.40. The zero-order valence-corrected chi connectivity index (χ0v) is 18.7. The summed E-state index contributed by atoms with van der Waals surface area (Å²) in [6.45, 7) is 6.24. The van der Waals surface area contributed by atoms with Crippen LogP contribution in [0.4, 0.5) is 5.95 Å². The normalized spacial score (nSPS) is 19.7. The number of hydrogen-bond acceptors (Lipinski definition) is 4. The van der Waals surface area contributed by atoms with Crippen molar-refractivity contribution in [3.63, 3.8) is 0 Å². The van der Waals surface area contributed by atoms with Gasteiger partial charge in [0.1, 0.15) is 0 Å². The summed E-state index contributed by atoms with van der Waals surface area (Å²) in [5.41, 5.74) is 2.60. The van der Waals surface area contributed by atoms with Crippen LogP contribution in [0.5, 0.6) is 0 Å². The Kier molecular flexibility index (Phi) is 4.99. The molecule has 0 radical (unpaired) electrons. The number of fused-ring (bicyclic) bond motifs is 3. The van der Waals surface area contributed by atoms with Gasteiger partial charge in [-0.1, -0.05) is 56.0 Å². The first kappa shape index (κ1) is 20.1. The maximum absolute atomic E-state index is 13.6. The van der Waals surface area contributed by atoms with Crippen molar-refractivity contribution >= 4 is 17.1 Å². The Hall–Kier alpha value is -2.83. The Balaban J connectivity index is 1.66. The molecule has 7 nitrogen and oxygen atoms in total. The second-order valence-corrected chi connectivity index (χ2v) is 9.46. The van der Waals surface area contributed by atoms with E-state index in [2.05, 4.69) is 16.4 Å². The van der Waals surface area contributed by atoms with Crippen LogP contribution in [-0.2, 0) is 20.1 Å². The quantitative estimate of drug-likeness (QED) is 0.652. The van der Waals surface area contributed by atoms with Gasteiger partial charge in [0.05, 0.1) is 6.54 Å². The summed E-state index contributed by atoms with van der Waals surface area (Å²) in [6.07, 6.45) is 6.14. The van der Waals surface area contributed by atoms with E-state index in [-0.39, 0.29) is 17.8 Å². The average molecular weight is 422 g/mol. The van der Waals surface area contributed by atoms with Crippen molar-refractivity contribution in [2.75, 3.05) is 11.4 Å². The van der Waals surface area contributed by atoms with Crippen LogP contribution >= 0.6 is 0 Å². The third-order valence-electron chi connectivity index (χ3n) is 6.95. The number of nitrogens with zero attached hydrogens (tertiary/aromatic N) is 5. The molecule has 164 valence electrons. The van der Waals surface area contributed by atoms with E-state index in [1.165, 1.54) is 36.7 Å². The van der Waals surface area contributed by atoms with Crippen molar-refractivity contribution < 1.29 is 0 Å². The van der Waals surface area contributed by atoms with Gasteiger partial charge in [-0.3, -0.25) is 13.9 Å². The van der Waals surface area contributed by atoms with E-state index in [1.54, 1.807) is 11.6 Å². The summed E-state index contributed by atoms with van der Waals surface area (Å²) < 4.78 is 4.97. The maximum Gasteiger partial charge on any atom is 0.332 e. The van der Waals surface area contributed by atoms with Gasteiger partial charge < -0.3 is 9.47 Å². The highest BCUT2D eigenvalue weighted by Crippen LogP contribution is 2.33. The lowest BCUT2D eigenvalue weighted by molar-refractivity contribution is 0.354. The van der Waals surface area contributed by atoms with Gasteiger partial charge in [0.15, 0.2) is 11.2 Å². The summed E-state index contributed by atoms with van der Waals surface area (Å²) in [5, 5.41) is 0. The van der Waals surface area contributed by atoms with E-state index >= 15 is 0 Å². The van der Waals surface area contributed by atoms with Gasteiger partial charge in [-0.05, 0) is 31.2 Å². The van der Waals surface area contributed by atoms with Gasteiger partial charge in [-0.2, -0.15) is 4.98 Å². The number of benzene rings is 1. The molecular formula is C24H31N5O2. The SMILES string of the molecule is Cc1ccc(Cn2c(=O)c3c(nc4n3C[C@@H](C)CN4C3CCCCC3)n(C)c2=O)cc1. The van der Waals surface area contributed by atoms with E-state index in [0.29, 0.717) is 23.1 Å². The smallest absolute Gasteiger partial charge is 0.332 e. The molecule has 5 rings (SSSR count). The lowest BCUT2D eigenvalue weighted by atomic mass is 9.93. The number of anilines is 1. The number of aryl methyl sites for hydroxylation is 2. The predicted molar refractivity (Wildman–Crippen MR) is 123 cm³/mol. The molecule has 1 aliphatic heterocycles. The predicted octanol–water partition coefficient (Wildman–Crippen LogP) is 3.04. The summed E-state index contributed by atoms with van der Waals surface area (Å²) >= 11 is 0. The molecule has 31 heavy (non-hydrogen) atoms. The fourth-order valence-electron chi connectivity index (χ4n) is 5.26. The van der Waals surface area contributed by atoms with Crippen LogP contribution in [0.2, 0.25) is 0 Å². The summed E-state index contributed by atoms with van der Waals surface area (Å²) in [5.74, 6) is 1.29. The molecule has 0 N–H and O–H groups in total. The van der Waals surface area contributed by atoms with E-state index in [1.807, 2.05) is 31.2 Å². The second-order valence-electron chi connectivity index (χ2n) is 9.46. The van der Waals surface area contributed by atoms with Gasteiger partial charge in [0.2, 0.25) is 5.95 Å². The van der Waals surface area contributed by atoms with Crippen LogP contribution < -0.4 is 16.1 Å². The highest BCUT2D eigenvalue weighted by molar-refractivity contribution is 5.75. The van der Waals surface area contributed by atoms with Crippen LogP contribution in [0, 0.1) is 12.8 Å². The van der Waals surface area contributed by atoms with E-state index < -0.39 is 0 Å². The van der Waals surface area contributed by atoms with Gasteiger partial charge in [0.25, 0.3) is 5.56 Å². The van der Waals surface area contributed by atoms with Crippen LogP contribution in [0.1, 0.15) is 50.2 Å². The van der Waals surface area contributed by atoms with Crippen LogP contribution in [-0.4, -0.2) is 31.3 Å². The van der Waals surface area contributed by atoms with E-state index in [9.17, 15) is 9.59 Å². The van der Waals surface area contributed by atoms with Gasteiger partial charge in [-0.15, -0.1) is 0 Å². The van der Waals surface area contributed by atoms with Gasteiger partial charge >= 0.3 is 5.69 Å². The molecule has 7 heteroatoms. The number of imidazole rings is 1. The van der Waals surface area contributed by atoms with Crippen molar-refractivity contribution in [1.82, 2.24) is 18.7 Å². The first-order valence-corrected chi connectivity index (χ1v) is 11.5. The molecule has 1 aliphatic carbocycles. The Labute approximate surface area is 181 Å². The van der Waals surface area contributed by atoms with Crippen molar-refractivity contribution in [3.8, 4) is 0 Å². The van der Waals surface area contributed by atoms with Gasteiger partial charge in [0, 0.05) is 26.2 Å². The van der Waals surface area contributed by atoms with Crippen molar-refractivity contribution in [2.45, 2.75) is 65.1 Å². The Morgan fingerprint density at radius 3 is 2.45 bits per heavy atom. The summed E-state index contributed by atoms with van der Waals surface area (Å²) in [6, 6.07) is 8.44. The molecule has 0 bridgehead atoms. The third kappa shape index (κ3) is 3.40. The molecule has 1 fully saturated rings. The van der Waals surface area contributed by atoms with Gasteiger partial charge in [-0.25, -0.2) is 4.79 Å². The first-order valence-electron chi connectivity index (χ1n) is 11.5. The minimum Gasteiger partial charge on any atom is -0.339 e. The summed E-state index contributed by atoms with van der Waals surface area (Å²) in [4.78, 5) is 33.9. The topological polar surface area (TPSA) is 65.1 Å². The maximum atomic E-state index is 13.6. The molecule has 2 aromatic heterocycles. The Bertz CT molecular complexity index is 1230. The van der Waals surface area contributed by atoms with Crippen LogP contribution in [0.15, 0.2) is 33.9 Å². The average Bonchev–Trinajstić information content (AvgIpc) is 3.16. The standard InChI is InChI=1S/C24H31N5O2/c1-16-9-11-18(12-10-16)15-29-22(30)20-21(26(3)24(29)31)25-23-27(13-17(2)14-28(20)23)19-7-5-4-6-8-19/h9-12,17,19H,4-8,13-15H2,1-3H3/t17-/m0/s1. The van der Waals surface area contributed by atoms with Crippen molar-refractivity contribution in [3.05, 3.63) is 56.2 Å². The highest BCUT2D eigenvalue weighted by atomic mass is 16.2. The zero-order chi connectivity index (χ0) is 21.7. The number of rotatable bonds is 3. The number of aromatic nitrogens is 4. The van der Waals surface area contributed by atoms with Crippen LogP contribution in [0.3, 0.4) is 0 Å². The Morgan fingerprint density at radius 1 is 1.03 bits per heavy atom. The largest absolute Gasteiger partial charge is 0.339 e. The van der Waals surface area contributed by atoms with Crippen LogP contribution in [0.25, 0.3) is 11.2 Å². The molecule has 3 heterocycles. The molecule has 2 aliphatic rings. The van der Waals surface area contributed by atoms with Crippen molar-refractivity contribution in [1.29, 1.82) is 0 Å². The fourth-order valence-corrected chi connectivity index (χ4v) is 5.26. The van der Waals surface area contributed by atoms with E-state index in [4.69, 9.17) is 4.98 Å². The molecular weight excluding hydrogens is 390 g/mol. The lowest BCUT2D eigenvalue weighted by Crippen LogP contribution is -2.45. The third-order valence-corrected chi connectivity index (χ3v) is 6.95. The van der Waals surface area contributed by atoms with Crippen molar-refractivity contribution in [2.24, 2.45) is 13.0 Å². The highest BCUT2D eigenvalue weighted by Gasteiger charge is 2.33. The zero-order valence-electron chi connectivity index (χ0n) is 18.7. The molecule has 0 unspecified atom stereocenters. The molecule has 1 saturated carbocycles. The fraction of sp³-hybridized carbons (Fsp3) is 0.542. The molecule has 0 spiro atoms. The molecule has 3 aromatic rings. The Morgan fingerprint density at radius 2 is 1.74 bits per heavy atom. The first-order chi connectivity index (χ1) is 14.9. The summed E-state index contributed by atoms with van der Waals surface area (Å²) in [7, 11) is 1.73. The monoisotopic (exact) mass is 421 g/mol. The molecule has 0 saturated heterocycles. The second kappa shape index (κ2) is 7.70. The minimum absolute atomic E-state index is 0.241. The molecule has 1 aromatic carbocycles. The minimum atomic E-state index is -0.314.